The average molecular weight is 396 g/mol. The lowest BCUT2D eigenvalue weighted by Crippen LogP contribution is -2.49. The van der Waals surface area contributed by atoms with Crippen LogP contribution in [0.4, 0.5) is 10.5 Å². The Morgan fingerprint density at radius 2 is 1.90 bits per heavy atom. The Balaban J connectivity index is 1.34. The summed E-state index contributed by atoms with van der Waals surface area (Å²) in [6.07, 6.45) is 6.25. The molecule has 3 aliphatic rings. The zero-order valence-corrected chi connectivity index (χ0v) is 16.8. The Labute approximate surface area is 171 Å². The van der Waals surface area contributed by atoms with Crippen LogP contribution in [-0.2, 0) is 4.79 Å². The molecule has 2 aromatic rings. The maximum atomic E-state index is 12.3. The van der Waals surface area contributed by atoms with Gasteiger partial charge in [0.25, 0.3) is 0 Å². The van der Waals surface area contributed by atoms with Gasteiger partial charge < -0.3 is 14.8 Å². The predicted octanol–water partition coefficient (Wildman–Crippen LogP) is 2.33. The van der Waals surface area contributed by atoms with Gasteiger partial charge in [-0.3, -0.25) is 15.0 Å². The number of nitrogens with one attached hydrogen (secondary N) is 2. The number of aromatic nitrogens is 1. The molecule has 3 amide bonds. The number of urea groups is 1. The van der Waals surface area contributed by atoms with Crippen molar-refractivity contribution in [2.24, 2.45) is 5.92 Å². The number of anilines is 1. The van der Waals surface area contributed by atoms with Gasteiger partial charge in [-0.05, 0) is 56.5 Å². The highest BCUT2D eigenvalue weighted by Crippen LogP contribution is 2.33. The van der Waals surface area contributed by atoms with Crippen molar-refractivity contribution in [3.05, 3.63) is 30.5 Å². The van der Waals surface area contributed by atoms with Gasteiger partial charge in [0.1, 0.15) is 0 Å². The summed E-state index contributed by atoms with van der Waals surface area (Å²) in [5, 5.41) is 6.96. The molecule has 0 spiro atoms. The number of amides is 3. The molecule has 2 N–H and O–H groups in total. The molecule has 1 aromatic carbocycles. The first kappa shape index (κ1) is 18.6. The van der Waals surface area contributed by atoms with Gasteiger partial charge >= 0.3 is 6.03 Å². The number of rotatable bonds is 4. The summed E-state index contributed by atoms with van der Waals surface area (Å²) in [4.78, 5) is 28.1. The molecule has 1 atom stereocenters. The van der Waals surface area contributed by atoms with E-state index in [2.05, 4.69) is 38.4 Å². The van der Waals surface area contributed by atoms with E-state index in [0.717, 1.165) is 49.6 Å². The Morgan fingerprint density at radius 3 is 2.72 bits per heavy atom. The molecular formula is C22H29N5O2. The predicted molar refractivity (Wildman–Crippen MR) is 113 cm³/mol. The number of benzene rings is 1. The Hall–Kier alpha value is -2.38. The fraction of sp³-hybridized carbons (Fsp3) is 0.545. The molecule has 7 heteroatoms. The van der Waals surface area contributed by atoms with E-state index in [4.69, 9.17) is 0 Å². The van der Waals surface area contributed by atoms with E-state index in [1.54, 1.807) is 4.90 Å². The number of carbonyl (C=O) groups excluding carboxylic acids is 2. The average Bonchev–Trinajstić information content (AvgIpc) is 3.35. The van der Waals surface area contributed by atoms with Crippen molar-refractivity contribution in [2.75, 3.05) is 44.2 Å². The summed E-state index contributed by atoms with van der Waals surface area (Å²) >= 11 is 0. The lowest BCUT2D eigenvalue weighted by atomic mass is 9.98. The highest BCUT2D eigenvalue weighted by molar-refractivity contribution is 6.09. The molecule has 154 valence electrons. The standard InChI is InChI=1S/C22H29N5O2/c28-21-8-13-27(22(29)24-21)20-3-1-2-19-18(20)7-12-26(19)17-6-11-25(15-17)14-16-4-9-23-10-5-16/h1-3,7,12,16-17,23H,4-6,8-11,13-15H2,(H,24,28,29). The van der Waals surface area contributed by atoms with Crippen LogP contribution in [0.2, 0.25) is 0 Å². The molecule has 0 bridgehead atoms. The lowest BCUT2D eigenvalue weighted by molar-refractivity contribution is -0.120. The van der Waals surface area contributed by atoms with Crippen molar-refractivity contribution >= 4 is 28.5 Å². The molecule has 0 aliphatic carbocycles. The second kappa shape index (κ2) is 7.80. The van der Waals surface area contributed by atoms with Crippen molar-refractivity contribution in [1.82, 2.24) is 20.1 Å². The van der Waals surface area contributed by atoms with Crippen LogP contribution in [-0.4, -0.2) is 60.7 Å². The lowest BCUT2D eigenvalue weighted by Gasteiger charge is -2.28. The molecule has 3 fully saturated rings. The normalized spacial score (nSPS) is 24.4. The number of imide groups is 1. The summed E-state index contributed by atoms with van der Waals surface area (Å²) < 4.78 is 2.38. The first-order valence-corrected chi connectivity index (χ1v) is 10.8. The van der Waals surface area contributed by atoms with Gasteiger partial charge in [-0.15, -0.1) is 0 Å². The van der Waals surface area contributed by atoms with Gasteiger partial charge in [-0.25, -0.2) is 4.79 Å². The first-order valence-electron chi connectivity index (χ1n) is 10.8. The van der Waals surface area contributed by atoms with Gasteiger partial charge in [0.2, 0.25) is 5.91 Å². The summed E-state index contributed by atoms with van der Waals surface area (Å²) in [6, 6.07) is 8.39. The largest absolute Gasteiger partial charge is 0.343 e. The molecule has 3 saturated heterocycles. The maximum Gasteiger partial charge on any atom is 0.328 e. The minimum atomic E-state index is -0.324. The minimum absolute atomic E-state index is 0.198. The Bertz CT molecular complexity index is 917. The first-order chi connectivity index (χ1) is 14.2. The Morgan fingerprint density at radius 1 is 1.03 bits per heavy atom. The van der Waals surface area contributed by atoms with Crippen molar-refractivity contribution in [2.45, 2.75) is 31.7 Å². The highest BCUT2D eigenvalue weighted by Gasteiger charge is 2.29. The van der Waals surface area contributed by atoms with E-state index in [9.17, 15) is 9.59 Å². The second-order valence-corrected chi connectivity index (χ2v) is 8.58. The molecule has 29 heavy (non-hydrogen) atoms. The number of nitrogens with zero attached hydrogens (tertiary/aromatic N) is 3. The van der Waals surface area contributed by atoms with Crippen molar-refractivity contribution < 1.29 is 9.59 Å². The Kier molecular flexibility index (Phi) is 5.01. The van der Waals surface area contributed by atoms with E-state index in [0.29, 0.717) is 19.0 Å². The van der Waals surface area contributed by atoms with E-state index >= 15 is 0 Å². The minimum Gasteiger partial charge on any atom is -0.343 e. The van der Waals surface area contributed by atoms with Crippen LogP contribution in [0, 0.1) is 5.92 Å². The third-order valence-electron chi connectivity index (χ3n) is 6.70. The number of fused-ring (bicyclic) bond motifs is 1. The second-order valence-electron chi connectivity index (χ2n) is 8.58. The monoisotopic (exact) mass is 395 g/mol. The quantitative estimate of drug-likeness (QED) is 0.834. The molecule has 5 rings (SSSR count). The number of likely N-dealkylation sites (tertiary alicyclic amines) is 1. The van der Waals surface area contributed by atoms with E-state index in [1.165, 1.54) is 24.9 Å². The summed E-state index contributed by atoms with van der Waals surface area (Å²) in [7, 11) is 0. The van der Waals surface area contributed by atoms with Crippen LogP contribution < -0.4 is 15.5 Å². The van der Waals surface area contributed by atoms with E-state index < -0.39 is 0 Å². The van der Waals surface area contributed by atoms with E-state index in [1.807, 2.05) is 12.1 Å². The number of piperidine rings is 1. The van der Waals surface area contributed by atoms with Gasteiger partial charge in [-0.2, -0.15) is 0 Å². The van der Waals surface area contributed by atoms with Crippen LogP contribution in [0.5, 0.6) is 0 Å². The molecular weight excluding hydrogens is 366 g/mol. The van der Waals surface area contributed by atoms with Gasteiger partial charge in [0.15, 0.2) is 0 Å². The smallest absolute Gasteiger partial charge is 0.328 e. The SMILES string of the molecule is O=C1CCN(c2cccc3c2ccn3C2CCN(CC3CCNCC3)C2)C(=O)N1. The number of hydrogen-bond donors (Lipinski definition) is 2. The molecule has 3 aliphatic heterocycles. The third-order valence-corrected chi connectivity index (χ3v) is 6.70. The molecule has 1 unspecified atom stereocenters. The zero-order valence-electron chi connectivity index (χ0n) is 16.8. The maximum absolute atomic E-state index is 12.3. The van der Waals surface area contributed by atoms with Crippen LogP contribution in [0.1, 0.15) is 31.7 Å². The molecule has 7 nitrogen and oxygen atoms in total. The fourth-order valence-electron chi connectivity index (χ4n) is 5.15. The molecule has 1 aromatic heterocycles. The number of hydrogen-bond acceptors (Lipinski definition) is 4. The van der Waals surface area contributed by atoms with Crippen LogP contribution >= 0.6 is 0 Å². The summed E-state index contributed by atoms with van der Waals surface area (Å²) in [5.74, 6) is 0.624. The third kappa shape index (κ3) is 3.65. The van der Waals surface area contributed by atoms with Crippen molar-refractivity contribution in [1.29, 1.82) is 0 Å². The zero-order chi connectivity index (χ0) is 19.8. The van der Waals surface area contributed by atoms with Crippen LogP contribution in [0.15, 0.2) is 30.5 Å². The van der Waals surface area contributed by atoms with Gasteiger partial charge in [-0.1, -0.05) is 6.07 Å². The summed E-state index contributed by atoms with van der Waals surface area (Å²) in [5.41, 5.74) is 2.05. The van der Waals surface area contributed by atoms with Crippen LogP contribution in [0.25, 0.3) is 10.9 Å². The molecule has 0 saturated carbocycles. The van der Waals surface area contributed by atoms with Crippen molar-refractivity contribution in [3.63, 3.8) is 0 Å². The fourth-order valence-corrected chi connectivity index (χ4v) is 5.15. The topological polar surface area (TPSA) is 69.6 Å². The van der Waals surface area contributed by atoms with Gasteiger partial charge in [0.05, 0.1) is 11.2 Å². The molecule has 0 radical (unpaired) electrons. The van der Waals surface area contributed by atoms with Crippen LogP contribution in [0.3, 0.4) is 0 Å². The molecule has 4 heterocycles. The van der Waals surface area contributed by atoms with Gasteiger partial charge in [0, 0.05) is 50.2 Å². The number of carbonyl (C=O) groups is 2. The highest BCUT2D eigenvalue weighted by atomic mass is 16.2. The van der Waals surface area contributed by atoms with Crippen molar-refractivity contribution in [3.8, 4) is 0 Å². The van der Waals surface area contributed by atoms with E-state index in [-0.39, 0.29) is 11.9 Å². The summed E-state index contributed by atoms with van der Waals surface area (Å²) in [6.45, 7) is 6.21.